The second-order valence-electron chi connectivity index (χ2n) is 8.72. The Morgan fingerprint density at radius 3 is 2.17 bits per heavy atom. The van der Waals surface area contributed by atoms with Crippen molar-refractivity contribution in [3.63, 3.8) is 0 Å². The maximum atomic E-state index is 12.4. The Labute approximate surface area is 213 Å². The summed E-state index contributed by atoms with van der Waals surface area (Å²) in [4.78, 5) is 24.6. The molecule has 3 aromatic rings. The van der Waals surface area contributed by atoms with E-state index in [2.05, 4.69) is 47.6 Å². The molecule has 2 N–H and O–H groups in total. The third-order valence-corrected chi connectivity index (χ3v) is 5.55. The van der Waals surface area contributed by atoms with Crippen LogP contribution in [0.3, 0.4) is 0 Å². The highest BCUT2D eigenvalue weighted by Gasteiger charge is 2.16. The molecule has 0 atom stereocenters. The summed E-state index contributed by atoms with van der Waals surface area (Å²) in [6, 6.07) is 21.8. The van der Waals surface area contributed by atoms with E-state index in [0.717, 1.165) is 15.8 Å². The molecule has 0 fully saturated rings. The minimum atomic E-state index is -0.490. The zero-order valence-corrected chi connectivity index (χ0v) is 21.6. The molecular weight excluding hydrogens is 512 g/mol. The van der Waals surface area contributed by atoms with Crippen LogP contribution in [0.15, 0.2) is 77.3 Å². The minimum absolute atomic E-state index is 0.000981. The Morgan fingerprint density at radius 1 is 0.800 bits per heavy atom. The number of hydrogen-bond acceptors (Lipinski definition) is 5. The van der Waals surface area contributed by atoms with E-state index in [0.29, 0.717) is 30.3 Å². The number of benzene rings is 3. The van der Waals surface area contributed by atoms with Crippen molar-refractivity contribution in [2.45, 2.75) is 26.2 Å². The van der Waals surface area contributed by atoms with Crippen LogP contribution in [0.25, 0.3) is 0 Å². The fourth-order valence-corrected chi connectivity index (χ4v) is 3.52. The molecule has 3 rings (SSSR count). The van der Waals surface area contributed by atoms with Gasteiger partial charge in [0, 0.05) is 5.56 Å². The van der Waals surface area contributed by atoms with Crippen LogP contribution in [0.4, 0.5) is 0 Å². The fourth-order valence-electron chi connectivity index (χ4n) is 3.03. The van der Waals surface area contributed by atoms with Crippen molar-refractivity contribution in [1.29, 1.82) is 0 Å². The van der Waals surface area contributed by atoms with Crippen molar-refractivity contribution in [3.05, 3.63) is 88.4 Å². The van der Waals surface area contributed by atoms with Gasteiger partial charge in [0.05, 0.1) is 4.47 Å². The monoisotopic (exact) mass is 540 g/mol. The first kappa shape index (κ1) is 26.1. The first-order valence-electron chi connectivity index (χ1n) is 11.1. The zero-order valence-electron chi connectivity index (χ0n) is 20.0. The average molecular weight is 541 g/mol. The van der Waals surface area contributed by atoms with Crippen LogP contribution in [0, 0.1) is 0 Å². The largest absolute Gasteiger partial charge is 0.490 e. The number of nitrogens with one attached hydrogen (secondary N) is 2. The summed E-state index contributed by atoms with van der Waals surface area (Å²) < 4.78 is 17.6. The zero-order chi connectivity index (χ0) is 25.3. The lowest BCUT2D eigenvalue weighted by Crippen LogP contribution is -2.43. The number of carbonyl (C=O) groups is 2. The maximum Gasteiger partial charge on any atom is 0.276 e. The predicted octanol–water partition coefficient (Wildman–Crippen LogP) is 5.04. The van der Waals surface area contributed by atoms with Crippen molar-refractivity contribution in [2.75, 3.05) is 19.8 Å². The number of ether oxygens (including phenoxy) is 3. The second-order valence-corrected chi connectivity index (χ2v) is 9.58. The lowest BCUT2D eigenvalue weighted by molar-refractivity contribution is -0.123. The van der Waals surface area contributed by atoms with Crippen molar-refractivity contribution >= 4 is 27.7 Å². The topological polar surface area (TPSA) is 85.9 Å². The number of carbonyl (C=O) groups excluding carboxylic acids is 2. The highest BCUT2D eigenvalue weighted by atomic mass is 79.9. The van der Waals surface area contributed by atoms with Gasteiger partial charge in [-0.3, -0.25) is 20.4 Å². The van der Waals surface area contributed by atoms with Gasteiger partial charge in [0.25, 0.3) is 11.8 Å². The lowest BCUT2D eigenvalue weighted by Gasteiger charge is -2.20. The molecule has 0 spiro atoms. The number of halogens is 1. The van der Waals surface area contributed by atoms with Gasteiger partial charge in [-0.2, -0.15) is 0 Å². The Kier molecular flexibility index (Phi) is 9.14. The minimum Gasteiger partial charge on any atom is -0.490 e. The molecule has 7 nitrogen and oxygen atoms in total. The Hall–Kier alpha value is -3.52. The van der Waals surface area contributed by atoms with E-state index in [4.69, 9.17) is 14.2 Å². The van der Waals surface area contributed by atoms with Gasteiger partial charge < -0.3 is 14.2 Å². The second kappa shape index (κ2) is 12.3. The highest BCUT2D eigenvalue weighted by Crippen LogP contribution is 2.31. The van der Waals surface area contributed by atoms with Gasteiger partial charge in [0.15, 0.2) is 6.61 Å². The molecule has 0 aromatic heterocycles. The van der Waals surface area contributed by atoms with Crippen LogP contribution in [0.5, 0.6) is 17.2 Å². The third kappa shape index (κ3) is 8.33. The van der Waals surface area contributed by atoms with Gasteiger partial charge in [0.1, 0.15) is 30.5 Å². The van der Waals surface area contributed by atoms with E-state index in [1.54, 1.807) is 24.3 Å². The summed E-state index contributed by atoms with van der Waals surface area (Å²) in [7, 11) is 0. The molecular formula is C27H29BrN2O5. The Morgan fingerprint density at radius 2 is 1.49 bits per heavy atom. The molecule has 0 aliphatic carbocycles. The predicted molar refractivity (Wildman–Crippen MR) is 138 cm³/mol. The van der Waals surface area contributed by atoms with E-state index < -0.39 is 11.8 Å². The molecule has 184 valence electrons. The summed E-state index contributed by atoms with van der Waals surface area (Å²) in [6.45, 7) is 6.79. The van der Waals surface area contributed by atoms with Gasteiger partial charge >= 0.3 is 0 Å². The molecule has 0 aliphatic rings. The molecule has 0 unspecified atom stereocenters. The molecule has 0 saturated heterocycles. The van der Waals surface area contributed by atoms with Gasteiger partial charge in [0.2, 0.25) is 0 Å². The average Bonchev–Trinajstić information content (AvgIpc) is 2.84. The number of hydrazine groups is 1. The number of para-hydroxylation sites is 1. The maximum absolute atomic E-state index is 12.4. The molecule has 0 radical (unpaired) electrons. The number of amides is 2. The summed E-state index contributed by atoms with van der Waals surface area (Å²) >= 11 is 3.48. The molecule has 0 bridgehead atoms. The van der Waals surface area contributed by atoms with E-state index >= 15 is 0 Å². The van der Waals surface area contributed by atoms with Crippen LogP contribution in [-0.4, -0.2) is 31.6 Å². The SMILES string of the molecule is CC(C)(C)c1ccc(OCC(=O)NNC(=O)c2cccc(OCCOc3ccccc3)c2)c(Br)c1. The fraction of sp³-hybridized carbons (Fsp3) is 0.259. The smallest absolute Gasteiger partial charge is 0.276 e. The molecule has 0 heterocycles. The summed E-state index contributed by atoms with van der Waals surface area (Å²) in [5, 5.41) is 0. The summed E-state index contributed by atoms with van der Waals surface area (Å²) in [5.74, 6) is 0.863. The molecule has 2 amide bonds. The van der Waals surface area contributed by atoms with Crippen LogP contribution in [0.2, 0.25) is 0 Å². The van der Waals surface area contributed by atoms with Crippen molar-refractivity contribution in [2.24, 2.45) is 0 Å². The van der Waals surface area contributed by atoms with E-state index in [9.17, 15) is 9.59 Å². The number of hydrogen-bond donors (Lipinski definition) is 2. The third-order valence-electron chi connectivity index (χ3n) is 4.93. The summed E-state index contributed by atoms with van der Waals surface area (Å²) in [6.07, 6.45) is 0. The van der Waals surface area contributed by atoms with Crippen molar-refractivity contribution in [1.82, 2.24) is 10.9 Å². The van der Waals surface area contributed by atoms with E-state index in [1.807, 2.05) is 48.5 Å². The van der Waals surface area contributed by atoms with Gasteiger partial charge in [-0.05, 0) is 69.4 Å². The van der Waals surface area contributed by atoms with Crippen molar-refractivity contribution in [3.8, 4) is 17.2 Å². The molecule has 8 heteroatoms. The lowest BCUT2D eigenvalue weighted by atomic mass is 9.87. The van der Waals surface area contributed by atoms with Crippen LogP contribution in [-0.2, 0) is 10.2 Å². The van der Waals surface area contributed by atoms with Crippen LogP contribution >= 0.6 is 15.9 Å². The normalized spacial score (nSPS) is 10.9. The highest BCUT2D eigenvalue weighted by molar-refractivity contribution is 9.10. The number of rotatable bonds is 9. The quantitative estimate of drug-likeness (QED) is 0.293. The Balaban J connectivity index is 1.42. The first-order chi connectivity index (χ1) is 16.7. The summed E-state index contributed by atoms with van der Waals surface area (Å²) in [5.41, 5.74) is 6.22. The van der Waals surface area contributed by atoms with Gasteiger partial charge in [-0.25, -0.2) is 0 Å². The first-order valence-corrected chi connectivity index (χ1v) is 11.9. The molecule has 3 aromatic carbocycles. The van der Waals surface area contributed by atoms with Gasteiger partial charge in [-0.15, -0.1) is 0 Å². The molecule has 0 saturated carbocycles. The van der Waals surface area contributed by atoms with Crippen LogP contribution < -0.4 is 25.1 Å². The van der Waals surface area contributed by atoms with Crippen molar-refractivity contribution < 1.29 is 23.8 Å². The Bertz CT molecular complexity index is 1150. The molecule has 0 aliphatic heterocycles. The van der Waals surface area contributed by atoms with E-state index in [-0.39, 0.29) is 12.0 Å². The van der Waals surface area contributed by atoms with Gasteiger partial charge in [-0.1, -0.05) is 51.1 Å². The van der Waals surface area contributed by atoms with Crippen LogP contribution in [0.1, 0.15) is 36.7 Å². The van der Waals surface area contributed by atoms with E-state index in [1.165, 1.54) is 0 Å². The molecule has 35 heavy (non-hydrogen) atoms. The standard InChI is InChI=1S/C27H29BrN2O5/c1-27(2,3)20-12-13-24(23(28)17-20)35-18-25(31)29-30-26(32)19-8-7-11-22(16-19)34-15-14-33-21-9-5-4-6-10-21/h4-13,16-17H,14-15,18H2,1-3H3,(H,29,31)(H,30,32).